The second-order valence-electron chi connectivity index (χ2n) is 2.09. The number of rotatable bonds is 1. The molecule has 0 atom stereocenters. The van der Waals surface area contributed by atoms with Crippen molar-refractivity contribution in [3.63, 3.8) is 0 Å². The van der Waals surface area contributed by atoms with E-state index < -0.39 is 0 Å². The van der Waals surface area contributed by atoms with Crippen molar-refractivity contribution in [3.8, 4) is 0 Å². The van der Waals surface area contributed by atoms with Gasteiger partial charge in [0.2, 0.25) is 0 Å². The standard InChI is InChI=1S/C5H11N3S2/c6-5(9)10-8-3-1-7-2-4-8/h7H,1-4H2,(H2,6,9). The summed E-state index contributed by atoms with van der Waals surface area (Å²) in [5, 5.41) is 3.25. The largest absolute Gasteiger partial charge is 0.384 e. The lowest BCUT2D eigenvalue weighted by atomic mass is 10.4. The number of nitrogens with two attached hydrogens (primary N) is 1. The summed E-state index contributed by atoms with van der Waals surface area (Å²) in [6.45, 7) is 4.13. The van der Waals surface area contributed by atoms with Crippen molar-refractivity contribution in [1.82, 2.24) is 9.62 Å². The number of thiocarbonyl (C=S) groups is 1. The molecule has 3 nitrogen and oxygen atoms in total. The molecule has 0 radical (unpaired) electrons. The molecule has 0 amide bonds. The molecule has 0 aliphatic carbocycles. The first-order valence-electron chi connectivity index (χ1n) is 3.22. The highest BCUT2D eigenvalue weighted by Crippen LogP contribution is 2.09. The first kappa shape index (κ1) is 8.26. The third kappa shape index (κ3) is 2.83. The molecular formula is C5H11N3S2. The highest BCUT2D eigenvalue weighted by molar-refractivity contribution is 8.21. The molecule has 0 aromatic carbocycles. The Balaban J connectivity index is 2.19. The summed E-state index contributed by atoms with van der Waals surface area (Å²) in [5.41, 5.74) is 5.36. The molecule has 1 heterocycles. The average Bonchev–Trinajstić information content (AvgIpc) is 1.88. The van der Waals surface area contributed by atoms with Crippen LogP contribution in [0.1, 0.15) is 0 Å². The van der Waals surface area contributed by atoms with Gasteiger partial charge in [0.25, 0.3) is 0 Å². The Bertz CT molecular complexity index is 122. The summed E-state index contributed by atoms with van der Waals surface area (Å²) in [4.78, 5) is 0. The van der Waals surface area contributed by atoms with E-state index in [0.717, 1.165) is 26.2 Å². The Morgan fingerprint density at radius 2 is 2.10 bits per heavy atom. The fraction of sp³-hybridized carbons (Fsp3) is 0.800. The van der Waals surface area contributed by atoms with Gasteiger partial charge in [0, 0.05) is 26.2 Å². The fourth-order valence-corrected chi connectivity index (χ4v) is 1.80. The molecule has 0 spiro atoms. The van der Waals surface area contributed by atoms with Crippen LogP contribution in [0.5, 0.6) is 0 Å². The molecule has 1 aliphatic rings. The van der Waals surface area contributed by atoms with Crippen molar-refractivity contribution in [3.05, 3.63) is 0 Å². The smallest absolute Gasteiger partial charge is 0.146 e. The average molecular weight is 177 g/mol. The van der Waals surface area contributed by atoms with Crippen LogP contribution in [0.2, 0.25) is 0 Å². The molecule has 1 fully saturated rings. The summed E-state index contributed by atoms with van der Waals surface area (Å²) < 4.78 is 2.70. The Morgan fingerprint density at radius 1 is 1.50 bits per heavy atom. The summed E-state index contributed by atoms with van der Waals surface area (Å²) in [5.74, 6) is 0. The zero-order valence-electron chi connectivity index (χ0n) is 5.67. The van der Waals surface area contributed by atoms with Crippen LogP contribution >= 0.6 is 24.2 Å². The predicted octanol–water partition coefficient (Wildman–Crippen LogP) is -0.217. The molecule has 0 aromatic rings. The van der Waals surface area contributed by atoms with Crippen LogP contribution in [0, 0.1) is 0 Å². The maximum absolute atomic E-state index is 5.36. The fourth-order valence-electron chi connectivity index (χ4n) is 0.863. The van der Waals surface area contributed by atoms with E-state index in [2.05, 4.69) is 9.62 Å². The summed E-state index contributed by atoms with van der Waals surface area (Å²) in [6.07, 6.45) is 0. The molecule has 10 heavy (non-hydrogen) atoms. The molecule has 5 heteroatoms. The van der Waals surface area contributed by atoms with Crippen LogP contribution in [-0.2, 0) is 0 Å². The van der Waals surface area contributed by atoms with Gasteiger partial charge >= 0.3 is 0 Å². The first-order chi connectivity index (χ1) is 4.79. The lowest BCUT2D eigenvalue weighted by Gasteiger charge is -2.24. The number of hydrogen-bond donors (Lipinski definition) is 2. The Hall–Kier alpha value is 0.160. The number of nitrogens with zero attached hydrogens (tertiary/aromatic N) is 1. The van der Waals surface area contributed by atoms with Gasteiger partial charge < -0.3 is 11.1 Å². The minimum atomic E-state index is 0.516. The molecule has 0 aromatic heterocycles. The van der Waals surface area contributed by atoms with E-state index in [-0.39, 0.29) is 0 Å². The summed E-state index contributed by atoms with van der Waals surface area (Å²) in [6, 6.07) is 0. The van der Waals surface area contributed by atoms with Crippen LogP contribution in [0.15, 0.2) is 0 Å². The van der Waals surface area contributed by atoms with Crippen LogP contribution < -0.4 is 11.1 Å². The number of nitrogens with one attached hydrogen (secondary N) is 1. The maximum Gasteiger partial charge on any atom is 0.146 e. The van der Waals surface area contributed by atoms with Gasteiger partial charge in [-0.3, -0.25) is 0 Å². The van der Waals surface area contributed by atoms with Crippen LogP contribution in [0.3, 0.4) is 0 Å². The molecule has 1 saturated heterocycles. The predicted molar refractivity (Wildman–Crippen MR) is 48.8 cm³/mol. The summed E-state index contributed by atoms with van der Waals surface area (Å²) >= 11 is 6.23. The third-order valence-corrected chi connectivity index (χ3v) is 2.32. The molecular weight excluding hydrogens is 166 g/mol. The van der Waals surface area contributed by atoms with Crippen LogP contribution in [-0.4, -0.2) is 34.8 Å². The van der Waals surface area contributed by atoms with Crippen molar-refractivity contribution in [1.29, 1.82) is 0 Å². The van der Waals surface area contributed by atoms with E-state index >= 15 is 0 Å². The van der Waals surface area contributed by atoms with Gasteiger partial charge in [0.1, 0.15) is 4.32 Å². The van der Waals surface area contributed by atoms with Crippen LogP contribution in [0.4, 0.5) is 0 Å². The van der Waals surface area contributed by atoms with E-state index in [1.807, 2.05) is 0 Å². The SMILES string of the molecule is NC(=S)SN1CCNCC1. The third-order valence-electron chi connectivity index (χ3n) is 1.30. The van der Waals surface area contributed by atoms with Crippen LogP contribution in [0.25, 0.3) is 0 Å². The van der Waals surface area contributed by atoms with Crippen molar-refractivity contribution >= 4 is 28.5 Å². The Morgan fingerprint density at radius 3 is 2.60 bits per heavy atom. The second kappa shape index (κ2) is 4.12. The lowest BCUT2D eigenvalue weighted by molar-refractivity contribution is 0.399. The van der Waals surface area contributed by atoms with E-state index in [1.165, 1.54) is 11.9 Å². The minimum Gasteiger partial charge on any atom is -0.384 e. The van der Waals surface area contributed by atoms with E-state index in [4.69, 9.17) is 18.0 Å². The number of hydrogen-bond acceptors (Lipinski definition) is 4. The topological polar surface area (TPSA) is 41.3 Å². The highest BCUT2D eigenvalue weighted by Gasteiger charge is 2.09. The van der Waals surface area contributed by atoms with E-state index in [9.17, 15) is 0 Å². The van der Waals surface area contributed by atoms with Gasteiger partial charge in [0.05, 0.1) is 0 Å². The summed E-state index contributed by atoms with van der Waals surface area (Å²) in [7, 11) is 0. The Kier molecular flexibility index (Phi) is 3.41. The van der Waals surface area contributed by atoms with Crippen molar-refractivity contribution in [2.24, 2.45) is 5.73 Å². The maximum atomic E-state index is 5.36. The van der Waals surface area contributed by atoms with Crippen molar-refractivity contribution < 1.29 is 0 Å². The zero-order valence-corrected chi connectivity index (χ0v) is 7.30. The number of piperazine rings is 1. The molecule has 0 bridgehead atoms. The van der Waals surface area contributed by atoms with E-state index in [1.54, 1.807) is 0 Å². The molecule has 3 N–H and O–H groups in total. The van der Waals surface area contributed by atoms with Gasteiger partial charge in [-0.15, -0.1) is 0 Å². The second-order valence-corrected chi connectivity index (χ2v) is 3.93. The monoisotopic (exact) mass is 177 g/mol. The molecule has 58 valence electrons. The highest BCUT2D eigenvalue weighted by atomic mass is 32.2. The minimum absolute atomic E-state index is 0.516. The van der Waals surface area contributed by atoms with Crippen molar-refractivity contribution in [2.75, 3.05) is 26.2 Å². The Labute approximate surface area is 70.5 Å². The molecule has 0 saturated carbocycles. The van der Waals surface area contributed by atoms with Crippen molar-refractivity contribution in [2.45, 2.75) is 0 Å². The van der Waals surface area contributed by atoms with Gasteiger partial charge in [-0.1, -0.05) is 12.2 Å². The normalized spacial score (nSPS) is 20.8. The van der Waals surface area contributed by atoms with Gasteiger partial charge in [-0.25, -0.2) is 4.31 Å². The first-order valence-corrected chi connectivity index (χ1v) is 4.40. The van der Waals surface area contributed by atoms with Gasteiger partial charge in [-0.2, -0.15) is 0 Å². The van der Waals surface area contributed by atoms with E-state index in [0.29, 0.717) is 4.32 Å². The zero-order chi connectivity index (χ0) is 7.40. The lowest BCUT2D eigenvalue weighted by Crippen LogP contribution is -2.40. The molecule has 1 aliphatic heterocycles. The molecule has 1 rings (SSSR count). The van der Waals surface area contributed by atoms with Gasteiger partial charge in [-0.05, 0) is 11.9 Å². The quantitative estimate of drug-likeness (QED) is 0.428. The molecule has 0 unspecified atom stereocenters. The van der Waals surface area contributed by atoms with Gasteiger partial charge in [0.15, 0.2) is 0 Å².